The van der Waals surface area contributed by atoms with Crippen molar-refractivity contribution in [1.82, 2.24) is 9.55 Å². The first kappa shape index (κ1) is 13.3. The fraction of sp³-hybridized carbons (Fsp3) is 0.312. The van der Waals surface area contributed by atoms with Gasteiger partial charge in [0, 0.05) is 12.5 Å². The second-order valence-electron chi connectivity index (χ2n) is 4.99. The van der Waals surface area contributed by atoms with Gasteiger partial charge in [-0.05, 0) is 37.6 Å². The van der Waals surface area contributed by atoms with Gasteiger partial charge in [0.25, 0.3) is 0 Å². The molecule has 0 spiro atoms. The Morgan fingerprint density at radius 2 is 2.10 bits per heavy atom. The molecular weight excluding hydrogens is 272 g/mol. The largest absolute Gasteiger partial charge is 0.469 e. The number of para-hydroxylation sites is 2. The maximum atomic E-state index is 6.05. The normalized spacial score (nSPS) is 12.9. The molecule has 2 aromatic heterocycles. The number of halogens is 1. The van der Waals surface area contributed by atoms with E-state index in [0.29, 0.717) is 11.9 Å². The topological polar surface area (TPSA) is 31.0 Å². The number of benzene rings is 1. The number of alkyl halides is 1. The third kappa shape index (κ3) is 2.46. The summed E-state index contributed by atoms with van der Waals surface area (Å²) in [6, 6.07) is 12.4. The average Bonchev–Trinajstić information content (AvgIpc) is 3.11. The van der Waals surface area contributed by atoms with Gasteiger partial charge in [-0.3, -0.25) is 0 Å². The number of hydrogen-bond acceptors (Lipinski definition) is 2. The van der Waals surface area contributed by atoms with Crippen molar-refractivity contribution in [2.24, 2.45) is 0 Å². The van der Waals surface area contributed by atoms with E-state index in [1.165, 1.54) is 0 Å². The average molecular weight is 289 g/mol. The van der Waals surface area contributed by atoms with E-state index in [2.05, 4.69) is 22.5 Å². The highest BCUT2D eigenvalue weighted by Crippen LogP contribution is 2.25. The number of rotatable bonds is 5. The third-order valence-corrected chi connectivity index (χ3v) is 3.86. The van der Waals surface area contributed by atoms with Gasteiger partial charge < -0.3 is 8.98 Å². The van der Waals surface area contributed by atoms with Gasteiger partial charge in [-0.1, -0.05) is 12.1 Å². The molecule has 0 fully saturated rings. The van der Waals surface area contributed by atoms with Crippen LogP contribution in [-0.4, -0.2) is 9.55 Å². The molecule has 0 saturated heterocycles. The minimum atomic E-state index is 0.334. The van der Waals surface area contributed by atoms with Crippen molar-refractivity contribution in [1.29, 1.82) is 0 Å². The minimum absolute atomic E-state index is 0.334. The maximum Gasteiger partial charge on any atom is 0.125 e. The van der Waals surface area contributed by atoms with E-state index in [1.54, 1.807) is 6.26 Å². The zero-order valence-electron chi connectivity index (χ0n) is 11.4. The van der Waals surface area contributed by atoms with Gasteiger partial charge in [-0.25, -0.2) is 4.98 Å². The lowest BCUT2D eigenvalue weighted by Crippen LogP contribution is -2.09. The molecule has 0 N–H and O–H groups in total. The number of furan rings is 1. The predicted octanol–water partition coefficient (Wildman–Crippen LogP) is 4.56. The summed E-state index contributed by atoms with van der Waals surface area (Å²) in [7, 11) is 0. The number of aromatic nitrogens is 2. The van der Waals surface area contributed by atoms with Crippen LogP contribution in [0.1, 0.15) is 31.0 Å². The Hall–Kier alpha value is -1.74. The van der Waals surface area contributed by atoms with Crippen LogP contribution in [0, 0.1) is 0 Å². The highest BCUT2D eigenvalue weighted by atomic mass is 35.5. The molecule has 1 aromatic carbocycles. The Bertz CT molecular complexity index is 688. The highest BCUT2D eigenvalue weighted by molar-refractivity contribution is 6.16. The summed E-state index contributed by atoms with van der Waals surface area (Å²) in [6.45, 7) is 2.20. The molecule has 3 aromatic rings. The van der Waals surface area contributed by atoms with E-state index in [-0.39, 0.29) is 0 Å². The summed E-state index contributed by atoms with van der Waals surface area (Å²) < 4.78 is 7.64. The summed E-state index contributed by atoms with van der Waals surface area (Å²) in [5, 5.41) is 0. The Balaban J connectivity index is 1.88. The van der Waals surface area contributed by atoms with Crippen LogP contribution in [-0.2, 0) is 12.3 Å². The smallest absolute Gasteiger partial charge is 0.125 e. The van der Waals surface area contributed by atoms with E-state index in [9.17, 15) is 0 Å². The number of fused-ring (bicyclic) bond motifs is 1. The molecule has 0 radical (unpaired) electrons. The quantitative estimate of drug-likeness (QED) is 0.644. The highest BCUT2D eigenvalue weighted by Gasteiger charge is 2.15. The molecule has 4 heteroatoms. The fourth-order valence-electron chi connectivity index (χ4n) is 2.62. The molecule has 3 rings (SSSR count). The molecule has 0 amide bonds. The Morgan fingerprint density at radius 1 is 1.25 bits per heavy atom. The van der Waals surface area contributed by atoms with Gasteiger partial charge in [-0.2, -0.15) is 0 Å². The van der Waals surface area contributed by atoms with Crippen LogP contribution >= 0.6 is 11.6 Å². The fourth-order valence-corrected chi connectivity index (χ4v) is 2.80. The second-order valence-corrected chi connectivity index (χ2v) is 5.25. The Labute approximate surface area is 123 Å². The van der Waals surface area contributed by atoms with Gasteiger partial charge in [0.2, 0.25) is 0 Å². The Morgan fingerprint density at radius 3 is 2.85 bits per heavy atom. The molecule has 104 valence electrons. The Kier molecular flexibility index (Phi) is 3.79. The van der Waals surface area contributed by atoms with Crippen molar-refractivity contribution in [3.63, 3.8) is 0 Å². The zero-order chi connectivity index (χ0) is 13.9. The monoisotopic (exact) mass is 288 g/mol. The molecule has 0 bridgehead atoms. The first-order valence-corrected chi connectivity index (χ1v) is 7.37. The van der Waals surface area contributed by atoms with Crippen LogP contribution in [0.3, 0.4) is 0 Å². The lowest BCUT2D eigenvalue weighted by molar-refractivity contribution is 0.452. The SMILES string of the molecule is CC(CCc1ccco1)n1c(CCl)nc2ccccc21. The van der Waals surface area contributed by atoms with Crippen LogP contribution in [0.2, 0.25) is 0 Å². The lowest BCUT2D eigenvalue weighted by atomic mass is 10.1. The zero-order valence-corrected chi connectivity index (χ0v) is 12.2. The number of aryl methyl sites for hydroxylation is 1. The van der Waals surface area contributed by atoms with E-state index >= 15 is 0 Å². The molecule has 3 nitrogen and oxygen atoms in total. The summed E-state index contributed by atoms with van der Waals surface area (Å²) in [5.41, 5.74) is 2.16. The molecule has 0 aliphatic heterocycles. The third-order valence-electron chi connectivity index (χ3n) is 3.62. The molecule has 1 atom stereocenters. The van der Waals surface area contributed by atoms with Crippen molar-refractivity contribution in [2.45, 2.75) is 31.7 Å². The number of nitrogens with zero attached hydrogens (tertiary/aromatic N) is 2. The molecule has 1 unspecified atom stereocenters. The molecule has 0 aliphatic rings. The second kappa shape index (κ2) is 5.71. The van der Waals surface area contributed by atoms with E-state index < -0.39 is 0 Å². The molecule has 0 saturated carbocycles. The summed E-state index contributed by atoms with van der Waals surface area (Å²) in [5.74, 6) is 2.38. The number of imidazole rings is 1. The van der Waals surface area contributed by atoms with E-state index in [1.807, 2.05) is 30.3 Å². The first-order valence-electron chi connectivity index (χ1n) is 6.84. The van der Waals surface area contributed by atoms with Crippen molar-refractivity contribution in [3.8, 4) is 0 Å². The molecule has 0 aliphatic carbocycles. The maximum absolute atomic E-state index is 6.05. The van der Waals surface area contributed by atoms with Crippen molar-refractivity contribution in [3.05, 3.63) is 54.2 Å². The van der Waals surface area contributed by atoms with Crippen LogP contribution in [0.25, 0.3) is 11.0 Å². The number of hydrogen-bond donors (Lipinski definition) is 0. The summed E-state index contributed by atoms with van der Waals surface area (Å²) in [6.07, 6.45) is 3.64. The summed E-state index contributed by atoms with van der Waals surface area (Å²) >= 11 is 6.05. The van der Waals surface area contributed by atoms with Crippen LogP contribution in [0.15, 0.2) is 47.1 Å². The van der Waals surface area contributed by atoms with Gasteiger partial charge in [-0.15, -0.1) is 11.6 Å². The summed E-state index contributed by atoms with van der Waals surface area (Å²) in [4.78, 5) is 4.60. The van der Waals surface area contributed by atoms with Gasteiger partial charge in [0.15, 0.2) is 0 Å². The van der Waals surface area contributed by atoms with Gasteiger partial charge in [0.05, 0.1) is 23.2 Å². The molecular formula is C16H17ClN2O. The standard InChI is InChI=1S/C16H17ClN2O/c1-12(8-9-13-5-4-10-20-13)19-15-7-3-2-6-14(15)18-16(19)11-17/h2-7,10,12H,8-9,11H2,1H3. The minimum Gasteiger partial charge on any atom is -0.469 e. The van der Waals surface area contributed by atoms with Crippen LogP contribution in [0.5, 0.6) is 0 Å². The van der Waals surface area contributed by atoms with Crippen molar-refractivity contribution >= 4 is 22.6 Å². The van der Waals surface area contributed by atoms with E-state index in [4.69, 9.17) is 16.0 Å². The van der Waals surface area contributed by atoms with Gasteiger partial charge in [0.1, 0.15) is 11.6 Å². The van der Waals surface area contributed by atoms with E-state index in [0.717, 1.165) is 35.5 Å². The van der Waals surface area contributed by atoms with Gasteiger partial charge >= 0.3 is 0 Å². The molecule has 2 heterocycles. The van der Waals surface area contributed by atoms with Crippen molar-refractivity contribution in [2.75, 3.05) is 0 Å². The van der Waals surface area contributed by atoms with Crippen LogP contribution < -0.4 is 0 Å². The predicted molar refractivity (Wildman–Crippen MR) is 81.0 cm³/mol. The van der Waals surface area contributed by atoms with Crippen molar-refractivity contribution < 1.29 is 4.42 Å². The lowest BCUT2D eigenvalue weighted by Gasteiger charge is -2.16. The molecule has 20 heavy (non-hydrogen) atoms. The van der Waals surface area contributed by atoms with Crippen LogP contribution in [0.4, 0.5) is 0 Å². The first-order chi connectivity index (χ1) is 9.79.